The molecule has 19 heavy (non-hydrogen) atoms. The summed E-state index contributed by atoms with van der Waals surface area (Å²) in [5, 5.41) is 7.97. The van der Waals surface area contributed by atoms with Crippen LogP contribution in [-0.4, -0.2) is 40.9 Å². The summed E-state index contributed by atoms with van der Waals surface area (Å²) in [4.78, 5) is 2.61. The first-order valence-corrected chi connectivity index (χ1v) is 7.64. The minimum absolute atomic E-state index is 0.470. The van der Waals surface area contributed by atoms with Gasteiger partial charge in [0.1, 0.15) is 0 Å². The average Bonchev–Trinajstić information content (AvgIpc) is 2.94. The van der Waals surface area contributed by atoms with E-state index in [1.165, 1.54) is 31.2 Å². The fourth-order valence-corrected chi connectivity index (χ4v) is 4.11. The summed E-state index contributed by atoms with van der Waals surface area (Å²) >= 11 is 0. The number of nitrogens with zero attached hydrogens (tertiary/aromatic N) is 3. The van der Waals surface area contributed by atoms with Crippen molar-refractivity contribution in [2.75, 3.05) is 14.1 Å². The second-order valence-electron chi connectivity index (χ2n) is 6.18. The summed E-state index contributed by atoms with van der Waals surface area (Å²) < 4.78 is 2.03. The van der Waals surface area contributed by atoms with Gasteiger partial charge >= 0.3 is 0 Å². The molecule has 1 aromatic rings. The number of hydrogen-bond donors (Lipinski definition) is 1. The van der Waals surface area contributed by atoms with Crippen LogP contribution in [0.1, 0.15) is 44.2 Å². The van der Waals surface area contributed by atoms with Crippen LogP contribution in [0.3, 0.4) is 0 Å². The van der Waals surface area contributed by atoms with Crippen LogP contribution >= 0.6 is 0 Å². The van der Waals surface area contributed by atoms with Crippen molar-refractivity contribution in [3.05, 3.63) is 18.0 Å². The maximum absolute atomic E-state index is 4.43. The predicted molar refractivity (Wildman–Crippen MR) is 77.0 cm³/mol. The topological polar surface area (TPSA) is 33.1 Å². The van der Waals surface area contributed by atoms with Gasteiger partial charge in [-0.3, -0.25) is 4.68 Å². The van der Waals surface area contributed by atoms with Gasteiger partial charge in [-0.05, 0) is 52.6 Å². The van der Waals surface area contributed by atoms with Crippen molar-refractivity contribution < 1.29 is 0 Å². The van der Waals surface area contributed by atoms with E-state index in [1.807, 2.05) is 10.9 Å². The second-order valence-corrected chi connectivity index (χ2v) is 6.18. The van der Waals surface area contributed by atoms with Crippen LogP contribution < -0.4 is 5.32 Å². The molecule has 1 aromatic heterocycles. The van der Waals surface area contributed by atoms with Gasteiger partial charge in [0, 0.05) is 36.4 Å². The van der Waals surface area contributed by atoms with Gasteiger partial charge in [0.15, 0.2) is 0 Å². The highest BCUT2D eigenvalue weighted by Crippen LogP contribution is 2.42. The first-order chi connectivity index (χ1) is 9.22. The van der Waals surface area contributed by atoms with Gasteiger partial charge in [0.2, 0.25) is 0 Å². The molecule has 0 aliphatic carbocycles. The number of rotatable bonds is 4. The molecule has 1 N–H and O–H groups in total. The summed E-state index contributed by atoms with van der Waals surface area (Å²) in [6.07, 6.45) is 9.70. The highest BCUT2D eigenvalue weighted by molar-refractivity contribution is 5.13. The van der Waals surface area contributed by atoms with E-state index in [4.69, 9.17) is 0 Å². The molecule has 0 saturated carbocycles. The Balaban J connectivity index is 1.76. The first kappa shape index (κ1) is 13.1. The van der Waals surface area contributed by atoms with Crippen LogP contribution in [0.2, 0.25) is 0 Å². The predicted octanol–water partition coefficient (Wildman–Crippen LogP) is 2.04. The van der Waals surface area contributed by atoms with Gasteiger partial charge in [0.05, 0.1) is 6.20 Å². The van der Waals surface area contributed by atoms with E-state index in [9.17, 15) is 0 Å². The molecule has 0 radical (unpaired) electrons. The minimum Gasteiger partial charge on any atom is -0.313 e. The molecular weight excluding hydrogens is 236 g/mol. The van der Waals surface area contributed by atoms with Crippen molar-refractivity contribution in [1.82, 2.24) is 20.0 Å². The second kappa shape index (κ2) is 5.25. The Morgan fingerprint density at radius 1 is 1.37 bits per heavy atom. The molecule has 2 saturated heterocycles. The molecule has 0 spiro atoms. The van der Waals surface area contributed by atoms with Crippen molar-refractivity contribution in [2.45, 2.75) is 57.3 Å². The van der Waals surface area contributed by atoms with E-state index < -0.39 is 0 Å². The third kappa shape index (κ3) is 2.32. The summed E-state index contributed by atoms with van der Waals surface area (Å²) in [6, 6.07) is 2.08. The maximum Gasteiger partial charge on any atom is 0.0537 e. The number of piperidine rings is 1. The lowest BCUT2D eigenvalue weighted by Crippen LogP contribution is -2.43. The van der Waals surface area contributed by atoms with E-state index in [-0.39, 0.29) is 0 Å². The molecule has 2 fully saturated rings. The standard InChI is InChI=1S/C15H26N4/c1-4-19-10-12(9-17-19)15(16-2)11-7-13-5-6-14(8-11)18(13)3/h9-11,13-16H,4-8H2,1-3H3. The zero-order valence-electron chi connectivity index (χ0n) is 12.3. The van der Waals surface area contributed by atoms with Gasteiger partial charge in [-0.2, -0.15) is 5.10 Å². The summed E-state index contributed by atoms with van der Waals surface area (Å²) in [5.41, 5.74) is 1.36. The Morgan fingerprint density at radius 3 is 2.58 bits per heavy atom. The van der Waals surface area contributed by atoms with Crippen LogP contribution in [0.15, 0.2) is 12.4 Å². The smallest absolute Gasteiger partial charge is 0.0537 e. The van der Waals surface area contributed by atoms with Gasteiger partial charge in [-0.1, -0.05) is 0 Å². The van der Waals surface area contributed by atoms with Crippen LogP contribution in [0.5, 0.6) is 0 Å². The molecule has 3 unspecified atom stereocenters. The average molecular weight is 262 g/mol. The lowest BCUT2D eigenvalue weighted by Gasteiger charge is -2.39. The third-order valence-corrected chi connectivity index (χ3v) is 5.25. The molecule has 3 atom stereocenters. The van der Waals surface area contributed by atoms with Crippen LogP contribution in [0.4, 0.5) is 0 Å². The molecule has 2 bridgehead atoms. The molecule has 4 heteroatoms. The summed E-state index contributed by atoms with van der Waals surface area (Å²) in [7, 11) is 4.40. The quantitative estimate of drug-likeness (QED) is 0.901. The highest BCUT2D eigenvalue weighted by atomic mass is 15.3. The molecule has 3 heterocycles. The Bertz CT molecular complexity index is 414. The molecule has 106 valence electrons. The fraction of sp³-hybridized carbons (Fsp3) is 0.800. The number of aryl methyl sites for hydroxylation is 1. The molecule has 4 nitrogen and oxygen atoms in total. The van der Waals surface area contributed by atoms with Crippen LogP contribution in [0.25, 0.3) is 0 Å². The summed E-state index contributed by atoms with van der Waals surface area (Å²) in [5.74, 6) is 0.758. The molecule has 0 amide bonds. The number of hydrogen-bond acceptors (Lipinski definition) is 3. The normalized spacial score (nSPS) is 32.7. The van der Waals surface area contributed by atoms with Crippen LogP contribution in [-0.2, 0) is 6.54 Å². The van der Waals surface area contributed by atoms with Crippen LogP contribution in [0, 0.1) is 5.92 Å². The lowest BCUT2D eigenvalue weighted by atomic mass is 9.83. The van der Waals surface area contributed by atoms with Gasteiger partial charge in [0.25, 0.3) is 0 Å². The molecule has 0 aromatic carbocycles. The SMILES string of the molecule is CCn1cc(C(NC)C2CC3CCC(C2)N3C)cn1. The Morgan fingerprint density at radius 2 is 2.05 bits per heavy atom. The Kier molecular flexibility index (Phi) is 3.63. The van der Waals surface area contributed by atoms with E-state index in [0.29, 0.717) is 6.04 Å². The number of nitrogens with one attached hydrogen (secondary N) is 1. The largest absolute Gasteiger partial charge is 0.313 e. The van der Waals surface area contributed by atoms with Gasteiger partial charge in [-0.15, -0.1) is 0 Å². The summed E-state index contributed by atoms with van der Waals surface area (Å²) in [6.45, 7) is 3.09. The molecule has 3 rings (SSSR count). The van der Waals surface area contributed by atoms with E-state index in [1.54, 1.807) is 0 Å². The molecule has 2 aliphatic heterocycles. The first-order valence-electron chi connectivity index (χ1n) is 7.64. The van der Waals surface area contributed by atoms with E-state index in [2.05, 4.69) is 42.5 Å². The van der Waals surface area contributed by atoms with Crippen molar-refractivity contribution >= 4 is 0 Å². The minimum atomic E-state index is 0.470. The Labute approximate surface area is 116 Å². The third-order valence-electron chi connectivity index (χ3n) is 5.25. The van der Waals surface area contributed by atoms with Gasteiger partial charge in [-0.25, -0.2) is 0 Å². The van der Waals surface area contributed by atoms with Crippen molar-refractivity contribution in [2.24, 2.45) is 5.92 Å². The van der Waals surface area contributed by atoms with Crippen molar-refractivity contribution in [3.8, 4) is 0 Å². The molecule has 2 aliphatic rings. The Hall–Kier alpha value is -0.870. The fourth-order valence-electron chi connectivity index (χ4n) is 4.11. The van der Waals surface area contributed by atoms with Crippen molar-refractivity contribution in [1.29, 1.82) is 0 Å². The monoisotopic (exact) mass is 262 g/mol. The van der Waals surface area contributed by atoms with Crippen molar-refractivity contribution in [3.63, 3.8) is 0 Å². The van der Waals surface area contributed by atoms with E-state index >= 15 is 0 Å². The van der Waals surface area contributed by atoms with E-state index in [0.717, 1.165) is 24.5 Å². The van der Waals surface area contributed by atoms with Gasteiger partial charge < -0.3 is 10.2 Å². The number of fused-ring (bicyclic) bond motifs is 2. The zero-order valence-corrected chi connectivity index (χ0v) is 12.3. The maximum atomic E-state index is 4.43. The molecular formula is C15H26N4. The highest BCUT2D eigenvalue weighted by Gasteiger charge is 2.41. The lowest BCUT2D eigenvalue weighted by molar-refractivity contribution is 0.114. The zero-order chi connectivity index (χ0) is 13.4. The number of aromatic nitrogens is 2.